The van der Waals surface area contributed by atoms with Gasteiger partial charge in [-0.3, -0.25) is 4.79 Å². The number of ether oxygens (including phenoxy) is 1. The number of nitrogens with one attached hydrogen (secondary N) is 2. The average Bonchev–Trinajstić information content (AvgIpc) is 2.70. The number of halogens is 2. The van der Waals surface area contributed by atoms with Gasteiger partial charge in [0.1, 0.15) is 23.1 Å². The van der Waals surface area contributed by atoms with Crippen LogP contribution in [0.25, 0.3) is 0 Å². The van der Waals surface area contributed by atoms with Crippen molar-refractivity contribution in [2.24, 2.45) is 0 Å². The maximum absolute atomic E-state index is 12.3. The molecule has 0 atom stereocenters. The second-order valence-corrected chi connectivity index (χ2v) is 6.74. The highest BCUT2D eigenvalue weighted by Crippen LogP contribution is 2.24. The van der Waals surface area contributed by atoms with Gasteiger partial charge in [-0.05, 0) is 54.6 Å². The van der Waals surface area contributed by atoms with Crippen LogP contribution in [0.4, 0.5) is 11.4 Å². The van der Waals surface area contributed by atoms with Gasteiger partial charge in [0.2, 0.25) is 0 Å². The van der Waals surface area contributed by atoms with Crippen LogP contribution >= 0.6 is 23.2 Å². The monoisotopic (exact) mass is 423 g/mol. The number of para-hydroxylation sites is 1. The molecule has 3 aromatic rings. The van der Waals surface area contributed by atoms with Gasteiger partial charge in [0.15, 0.2) is 0 Å². The second-order valence-electron chi connectivity index (χ2n) is 5.87. The first-order valence-corrected chi connectivity index (χ1v) is 9.26. The third-order valence-electron chi connectivity index (χ3n) is 3.70. The van der Waals surface area contributed by atoms with Crippen molar-refractivity contribution in [3.05, 3.63) is 94.6 Å². The van der Waals surface area contributed by atoms with Crippen molar-refractivity contribution in [2.75, 3.05) is 10.6 Å². The van der Waals surface area contributed by atoms with E-state index in [1.165, 1.54) is 6.20 Å². The summed E-state index contributed by atoms with van der Waals surface area (Å²) < 4.78 is 5.71. The summed E-state index contributed by atoms with van der Waals surface area (Å²) in [4.78, 5) is 12.3. The lowest BCUT2D eigenvalue weighted by atomic mass is 10.2. The van der Waals surface area contributed by atoms with Gasteiger partial charge in [0.25, 0.3) is 5.91 Å². The highest BCUT2D eigenvalue weighted by molar-refractivity contribution is 6.35. The molecule has 0 fully saturated rings. The van der Waals surface area contributed by atoms with Gasteiger partial charge in [-0.25, -0.2) is 0 Å². The summed E-state index contributed by atoms with van der Waals surface area (Å²) in [5, 5.41) is 15.7. The molecule has 0 radical (unpaired) electrons. The first kappa shape index (κ1) is 20.3. The highest BCUT2D eigenvalue weighted by Gasteiger charge is 2.10. The Morgan fingerprint density at radius 2 is 1.52 bits per heavy atom. The Morgan fingerprint density at radius 1 is 0.897 bits per heavy atom. The summed E-state index contributed by atoms with van der Waals surface area (Å²) in [6.45, 7) is 0. The van der Waals surface area contributed by atoms with E-state index in [1.54, 1.807) is 42.5 Å². The Kier molecular flexibility index (Phi) is 6.75. The van der Waals surface area contributed by atoms with Gasteiger partial charge in [-0.2, -0.15) is 5.26 Å². The summed E-state index contributed by atoms with van der Waals surface area (Å²) >= 11 is 11.9. The minimum Gasteiger partial charge on any atom is -0.457 e. The standard InChI is InChI=1S/C22H15Cl2N3O2/c23-16-10-17(24)12-19(11-16)26-14-15(13-25)22(28)27-18-6-8-21(9-7-18)29-20-4-2-1-3-5-20/h1-12,14,26H,(H,27,28)/b15-14-. The lowest BCUT2D eigenvalue weighted by Crippen LogP contribution is -2.14. The molecule has 0 aliphatic heterocycles. The van der Waals surface area contributed by atoms with Crippen molar-refractivity contribution < 1.29 is 9.53 Å². The summed E-state index contributed by atoms with van der Waals surface area (Å²) in [7, 11) is 0. The topological polar surface area (TPSA) is 74.2 Å². The fourth-order valence-electron chi connectivity index (χ4n) is 2.37. The summed E-state index contributed by atoms with van der Waals surface area (Å²) in [5.74, 6) is 0.792. The van der Waals surface area contributed by atoms with Crippen LogP contribution < -0.4 is 15.4 Å². The molecule has 1 amide bonds. The predicted octanol–water partition coefficient (Wildman–Crippen LogP) is 6.24. The van der Waals surface area contributed by atoms with Crippen molar-refractivity contribution in [3.8, 4) is 17.6 Å². The van der Waals surface area contributed by atoms with Crippen molar-refractivity contribution in [1.82, 2.24) is 0 Å². The molecular weight excluding hydrogens is 409 g/mol. The number of nitriles is 1. The van der Waals surface area contributed by atoms with Crippen LogP contribution in [0.3, 0.4) is 0 Å². The number of amides is 1. The van der Waals surface area contributed by atoms with Crippen LogP contribution in [0.2, 0.25) is 10.0 Å². The van der Waals surface area contributed by atoms with Crippen molar-refractivity contribution in [3.63, 3.8) is 0 Å². The van der Waals surface area contributed by atoms with E-state index in [9.17, 15) is 10.1 Å². The Labute approximate surface area is 178 Å². The molecule has 0 aliphatic rings. The SMILES string of the molecule is N#C/C(=C/Nc1cc(Cl)cc(Cl)c1)C(=O)Nc1ccc(Oc2ccccc2)cc1. The third-order valence-corrected chi connectivity index (χ3v) is 4.14. The molecular formula is C22H15Cl2N3O2. The molecule has 144 valence electrons. The van der Waals surface area contributed by atoms with E-state index >= 15 is 0 Å². The Bertz CT molecular complexity index is 1060. The highest BCUT2D eigenvalue weighted by atomic mass is 35.5. The first-order valence-electron chi connectivity index (χ1n) is 8.51. The number of hydrogen-bond acceptors (Lipinski definition) is 4. The van der Waals surface area contributed by atoms with Gasteiger partial charge in [-0.1, -0.05) is 41.4 Å². The van der Waals surface area contributed by atoms with Crippen LogP contribution in [-0.2, 0) is 4.79 Å². The van der Waals surface area contributed by atoms with E-state index in [1.807, 2.05) is 36.4 Å². The van der Waals surface area contributed by atoms with E-state index in [4.69, 9.17) is 27.9 Å². The molecule has 2 N–H and O–H groups in total. The van der Waals surface area contributed by atoms with Gasteiger partial charge < -0.3 is 15.4 Å². The first-order chi connectivity index (χ1) is 14.0. The number of rotatable bonds is 6. The number of anilines is 2. The minimum atomic E-state index is -0.551. The number of benzene rings is 3. The molecule has 0 bridgehead atoms. The van der Waals surface area contributed by atoms with Crippen LogP contribution in [-0.4, -0.2) is 5.91 Å². The van der Waals surface area contributed by atoms with Crippen molar-refractivity contribution in [1.29, 1.82) is 5.26 Å². The van der Waals surface area contributed by atoms with Crippen molar-refractivity contribution in [2.45, 2.75) is 0 Å². The summed E-state index contributed by atoms with van der Waals surface area (Å²) in [5.41, 5.74) is 0.985. The average molecular weight is 424 g/mol. The maximum Gasteiger partial charge on any atom is 0.267 e. The zero-order chi connectivity index (χ0) is 20.6. The molecule has 0 heterocycles. The molecule has 0 unspecified atom stereocenters. The number of carbonyl (C=O) groups is 1. The fraction of sp³-hybridized carbons (Fsp3) is 0. The number of hydrogen-bond donors (Lipinski definition) is 2. The molecule has 3 rings (SSSR count). The Balaban J connectivity index is 1.63. The summed E-state index contributed by atoms with van der Waals surface area (Å²) in [6.07, 6.45) is 1.30. The number of nitrogens with zero attached hydrogens (tertiary/aromatic N) is 1. The van der Waals surface area contributed by atoms with E-state index in [0.29, 0.717) is 32.9 Å². The van der Waals surface area contributed by atoms with Crippen molar-refractivity contribution >= 4 is 40.5 Å². The molecule has 5 nitrogen and oxygen atoms in total. The third kappa shape index (κ3) is 6.01. The summed E-state index contributed by atoms with van der Waals surface area (Å²) in [6, 6.07) is 22.9. The minimum absolute atomic E-state index is 0.106. The van der Waals surface area contributed by atoms with Crippen LogP contribution in [0, 0.1) is 11.3 Å². The smallest absolute Gasteiger partial charge is 0.267 e. The molecule has 29 heavy (non-hydrogen) atoms. The Morgan fingerprint density at radius 3 is 2.14 bits per heavy atom. The molecule has 0 saturated heterocycles. The lowest BCUT2D eigenvalue weighted by molar-refractivity contribution is -0.112. The van der Waals surface area contributed by atoms with E-state index in [2.05, 4.69) is 10.6 Å². The van der Waals surface area contributed by atoms with Crippen LogP contribution in [0.15, 0.2) is 84.6 Å². The van der Waals surface area contributed by atoms with E-state index in [0.717, 1.165) is 0 Å². The van der Waals surface area contributed by atoms with Gasteiger partial charge in [0.05, 0.1) is 0 Å². The zero-order valence-electron chi connectivity index (χ0n) is 15.0. The Hall–Kier alpha value is -3.46. The molecule has 0 saturated carbocycles. The maximum atomic E-state index is 12.3. The predicted molar refractivity (Wildman–Crippen MR) is 115 cm³/mol. The normalized spacial score (nSPS) is 10.7. The van der Waals surface area contributed by atoms with E-state index < -0.39 is 5.91 Å². The van der Waals surface area contributed by atoms with Crippen LogP contribution in [0.5, 0.6) is 11.5 Å². The van der Waals surface area contributed by atoms with Gasteiger partial charge in [0, 0.05) is 27.6 Å². The molecule has 3 aromatic carbocycles. The van der Waals surface area contributed by atoms with E-state index in [-0.39, 0.29) is 5.57 Å². The molecule has 0 aromatic heterocycles. The zero-order valence-corrected chi connectivity index (χ0v) is 16.5. The fourth-order valence-corrected chi connectivity index (χ4v) is 2.90. The molecule has 0 spiro atoms. The second kappa shape index (κ2) is 9.65. The lowest BCUT2D eigenvalue weighted by Gasteiger charge is -2.08. The largest absolute Gasteiger partial charge is 0.457 e. The van der Waals surface area contributed by atoms with Gasteiger partial charge in [-0.15, -0.1) is 0 Å². The molecule has 7 heteroatoms. The quantitative estimate of drug-likeness (QED) is 0.363. The van der Waals surface area contributed by atoms with Crippen LogP contribution in [0.1, 0.15) is 0 Å². The molecule has 0 aliphatic carbocycles. The van der Waals surface area contributed by atoms with Gasteiger partial charge >= 0.3 is 0 Å². The number of carbonyl (C=O) groups excluding carboxylic acids is 1.